The molecule has 1 aliphatic heterocycles. The number of amides is 4. The summed E-state index contributed by atoms with van der Waals surface area (Å²) < 4.78 is 27.0. The molecule has 31 heavy (non-hydrogen) atoms. The molecule has 1 heterocycles. The Morgan fingerprint density at radius 2 is 1.71 bits per heavy atom. The molecule has 1 N–H and O–H groups in total. The second-order valence-electron chi connectivity index (χ2n) is 8.71. The van der Waals surface area contributed by atoms with Gasteiger partial charge in [-0.25, -0.2) is 13.6 Å². The van der Waals surface area contributed by atoms with E-state index in [1.54, 1.807) is 4.90 Å². The van der Waals surface area contributed by atoms with Crippen molar-refractivity contribution in [3.05, 3.63) is 71.3 Å². The van der Waals surface area contributed by atoms with Gasteiger partial charge in [0, 0.05) is 12.1 Å². The number of halogens is 2. The molecule has 0 aliphatic carbocycles. The summed E-state index contributed by atoms with van der Waals surface area (Å²) in [7, 11) is 0. The van der Waals surface area contributed by atoms with E-state index in [9.17, 15) is 23.2 Å². The van der Waals surface area contributed by atoms with Crippen LogP contribution >= 0.6 is 0 Å². The second kappa shape index (κ2) is 8.09. The largest absolute Gasteiger partial charge is 0.332 e. The van der Waals surface area contributed by atoms with E-state index in [-0.39, 0.29) is 5.56 Å². The van der Waals surface area contributed by atoms with Crippen LogP contribution in [0.2, 0.25) is 0 Å². The maximum absolute atomic E-state index is 13.7. The molecule has 0 saturated carbocycles. The van der Waals surface area contributed by atoms with E-state index < -0.39 is 47.1 Å². The van der Waals surface area contributed by atoms with Crippen molar-refractivity contribution in [2.75, 3.05) is 6.54 Å². The molecule has 0 bridgehead atoms. The van der Waals surface area contributed by atoms with Crippen molar-refractivity contribution in [3.8, 4) is 0 Å². The van der Waals surface area contributed by atoms with Crippen molar-refractivity contribution >= 4 is 17.8 Å². The Hall–Kier alpha value is -3.29. The fraction of sp³-hybridized carbons (Fsp3) is 0.348. The Bertz CT molecular complexity index is 1020. The summed E-state index contributed by atoms with van der Waals surface area (Å²) in [5, 5.41) is 2.50. The number of imide groups is 1. The number of carbonyl (C=O) groups is 3. The highest BCUT2D eigenvalue weighted by Crippen LogP contribution is 2.30. The van der Waals surface area contributed by atoms with Crippen LogP contribution < -0.4 is 5.32 Å². The molecule has 1 unspecified atom stereocenters. The average molecular weight is 429 g/mol. The minimum Gasteiger partial charge on any atom is -0.332 e. The molecular weight excluding hydrogens is 404 g/mol. The maximum atomic E-state index is 13.7. The topological polar surface area (TPSA) is 69.7 Å². The summed E-state index contributed by atoms with van der Waals surface area (Å²) in [5.41, 5.74) is -1.15. The van der Waals surface area contributed by atoms with Crippen molar-refractivity contribution < 1.29 is 23.2 Å². The van der Waals surface area contributed by atoms with Gasteiger partial charge in [0.25, 0.3) is 5.91 Å². The predicted octanol–water partition coefficient (Wildman–Crippen LogP) is 3.56. The molecule has 164 valence electrons. The quantitative estimate of drug-likeness (QED) is 0.739. The highest BCUT2D eigenvalue weighted by molar-refractivity contribution is 6.09. The Morgan fingerprint density at radius 3 is 2.29 bits per heavy atom. The lowest BCUT2D eigenvalue weighted by molar-refractivity contribution is -0.142. The molecule has 1 saturated heterocycles. The summed E-state index contributed by atoms with van der Waals surface area (Å²) in [5.74, 6) is -3.30. The molecule has 2 aromatic carbocycles. The van der Waals surface area contributed by atoms with Gasteiger partial charge >= 0.3 is 6.03 Å². The van der Waals surface area contributed by atoms with Gasteiger partial charge in [-0.1, -0.05) is 36.4 Å². The van der Waals surface area contributed by atoms with Crippen molar-refractivity contribution in [2.24, 2.45) is 0 Å². The highest BCUT2D eigenvalue weighted by atomic mass is 19.2. The molecule has 0 radical (unpaired) electrons. The van der Waals surface area contributed by atoms with E-state index in [2.05, 4.69) is 5.32 Å². The summed E-state index contributed by atoms with van der Waals surface area (Å²) >= 11 is 0. The van der Waals surface area contributed by atoms with Gasteiger partial charge in [0.05, 0.1) is 0 Å². The number of benzene rings is 2. The first-order valence-corrected chi connectivity index (χ1v) is 9.87. The van der Waals surface area contributed by atoms with E-state index in [0.29, 0.717) is 6.54 Å². The Morgan fingerprint density at radius 1 is 1.06 bits per heavy atom. The number of urea groups is 1. The summed E-state index contributed by atoms with van der Waals surface area (Å²) in [6, 6.07) is 11.6. The van der Waals surface area contributed by atoms with Crippen LogP contribution in [0, 0.1) is 11.6 Å². The minimum atomic E-state index is -1.60. The van der Waals surface area contributed by atoms with Gasteiger partial charge in [0.1, 0.15) is 12.1 Å². The zero-order valence-corrected chi connectivity index (χ0v) is 17.9. The van der Waals surface area contributed by atoms with Gasteiger partial charge in [-0.15, -0.1) is 0 Å². The highest BCUT2D eigenvalue weighted by Gasteiger charge is 2.50. The predicted molar refractivity (Wildman–Crippen MR) is 111 cm³/mol. The number of carbonyl (C=O) groups excluding carboxylic acids is 3. The molecule has 8 heteroatoms. The van der Waals surface area contributed by atoms with Crippen LogP contribution in [0.1, 0.15) is 38.8 Å². The average Bonchev–Trinajstić information content (AvgIpc) is 2.92. The van der Waals surface area contributed by atoms with Crippen molar-refractivity contribution in [3.63, 3.8) is 0 Å². The molecule has 4 amide bonds. The summed E-state index contributed by atoms with van der Waals surface area (Å²) in [6.07, 6.45) is 0. The molecule has 1 aliphatic rings. The first-order chi connectivity index (χ1) is 14.4. The van der Waals surface area contributed by atoms with Gasteiger partial charge in [0.2, 0.25) is 5.91 Å². The van der Waals surface area contributed by atoms with Gasteiger partial charge in [-0.2, -0.15) is 0 Å². The van der Waals surface area contributed by atoms with Gasteiger partial charge in [0.15, 0.2) is 11.6 Å². The molecule has 2 aromatic rings. The molecule has 0 spiro atoms. The first kappa shape index (κ1) is 22.4. The molecule has 1 atom stereocenters. The Labute approximate surface area is 179 Å². The van der Waals surface area contributed by atoms with Crippen LogP contribution in [-0.2, 0) is 21.7 Å². The number of nitrogens with one attached hydrogen (secondary N) is 1. The maximum Gasteiger partial charge on any atom is 0.325 e. The molecule has 0 aromatic heterocycles. The van der Waals surface area contributed by atoms with Crippen LogP contribution in [0.3, 0.4) is 0 Å². The first-order valence-electron chi connectivity index (χ1n) is 9.87. The fourth-order valence-corrected chi connectivity index (χ4v) is 3.53. The SMILES string of the molecule is CC1(c2ccc(F)c(F)c2)NC(=O)N(CC(=O)N(Cc2ccccc2)C(C)(C)C)C1=O. The van der Waals surface area contributed by atoms with E-state index in [4.69, 9.17) is 0 Å². The van der Waals surface area contributed by atoms with Crippen LogP contribution in [0.25, 0.3) is 0 Å². The number of nitrogens with zero attached hydrogens (tertiary/aromatic N) is 2. The lowest BCUT2D eigenvalue weighted by Gasteiger charge is -2.36. The third-order valence-electron chi connectivity index (χ3n) is 5.36. The van der Waals surface area contributed by atoms with Crippen LogP contribution in [-0.4, -0.2) is 39.7 Å². The van der Waals surface area contributed by atoms with E-state index in [1.165, 1.54) is 13.0 Å². The van der Waals surface area contributed by atoms with Gasteiger partial charge in [-0.3, -0.25) is 14.5 Å². The number of rotatable bonds is 5. The van der Waals surface area contributed by atoms with Crippen LogP contribution in [0.5, 0.6) is 0 Å². The lowest BCUT2D eigenvalue weighted by atomic mass is 9.92. The monoisotopic (exact) mass is 429 g/mol. The van der Waals surface area contributed by atoms with Crippen molar-refractivity contribution in [1.82, 2.24) is 15.1 Å². The molecule has 3 rings (SSSR count). The fourth-order valence-electron chi connectivity index (χ4n) is 3.53. The molecule has 6 nitrogen and oxygen atoms in total. The van der Waals surface area contributed by atoms with E-state index in [0.717, 1.165) is 22.6 Å². The van der Waals surface area contributed by atoms with Crippen molar-refractivity contribution in [2.45, 2.75) is 45.3 Å². The normalized spacial score (nSPS) is 18.8. The third kappa shape index (κ3) is 4.42. The third-order valence-corrected chi connectivity index (χ3v) is 5.36. The van der Waals surface area contributed by atoms with Crippen LogP contribution in [0.4, 0.5) is 13.6 Å². The van der Waals surface area contributed by atoms with Gasteiger partial charge in [-0.05, 0) is 51.0 Å². The summed E-state index contributed by atoms with van der Waals surface area (Å²) in [6.45, 7) is 6.85. The van der Waals surface area contributed by atoms with E-state index >= 15 is 0 Å². The number of hydrogen-bond donors (Lipinski definition) is 1. The second-order valence-corrected chi connectivity index (χ2v) is 8.71. The minimum absolute atomic E-state index is 0.0941. The lowest BCUT2D eigenvalue weighted by Crippen LogP contribution is -2.50. The Kier molecular flexibility index (Phi) is 5.85. The zero-order chi connectivity index (χ0) is 23.0. The Balaban J connectivity index is 1.83. The van der Waals surface area contributed by atoms with E-state index in [1.807, 2.05) is 51.1 Å². The molecular formula is C23H25F2N3O3. The zero-order valence-electron chi connectivity index (χ0n) is 17.9. The molecule has 1 fully saturated rings. The smallest absolute Gasteiger partial charge is 0.325 e. The summed E-state index contributed by atoms with van der Waals surface area (Å²) in [4.78, 5) is 41.1. The number of hydrogen-bond acceptors (Lipinski definition) is 3. The van der Waals surface area contributed by atoms with Crippen molar-refractivity contribution in [1.29, 1.82) is 0 Å². The standard InChI is InChI=1S/C23H25F2N3O3/c1-22(2,3)28(13-15-8-6-5-7-9-15)19(29)14-27-20(30)23(4,26-21(27)31)16-10-11-17(24)18(25)12-16/h5-12H,13-14H2,1-4H3,(H,26,31). The van der Waals surface area contributed by atoms with Crippen LogP contribution in [0.15, 0.2) is 48.5 Å². The van der Waals surface area contributed by atoms with Gasteiger partial charge < -0.3 is 10.2 Å².